The van der Waals surface area contributed by atoms with Gasteiger partial charge < -0.3 is 24.6 Å². The number of aliphatic imine (C=N–C) groups is 1. The smallest absolute Gasteiger partial charge is 0.410 e. The van der Waals surface area contributed by atoms with Gasteiger partial charge in [0.05, 0.1) is 28.3 Å². The molecule has 0 atom stereocenters. The highest BCUT2D eigenvalue weighted by Crippen LogP contribution is 2.46. The molecule has 1 spiro atoms. The molecule has 1 fully saturated rings. The van der Waals surface area contributed by atoms with E-state index in [1.54, 1.807) is 22.2 Å². The molecule has 162 valence electrons. The fourth-order valence-corrected chi connectivity index (χ4v) is 3.72. The number of hydrogen-bond donors (Lipinski definition) is 1. The topological polar surface area (TPSA) is 90.2 Å². The van der Waals surface area contributed by atoms with E-state index in [1.165, 1.54) is 0 Å². The molecular formula is C21H28ClN5O3. The van der Waals surface area contributed by atoms with Crippen LogP contribution in [0.1, 0.15) is 39.2 Å². The zero-order chi connectivity index (χ0) is 22.1. The lowest BCUT2D eigenvalue weighted by molar-refractivity contribution is 0.0149. The Hall–Kier alpha value is -2.66. The van der Waals surface area contributed by atoms with Crippen LogP contribution in [0.4, 0.5) is 16.2 Å². The average molecular weight is 434 g/mol. The highest BCUT2D eigenvalue weighted by atomic mass is 35.5. The third-order valence-electron chi connectivity index (χ3n) is 5.01. The van der Waals surface area contributed by atoms with Crippen LogP contribution in [0.5, 0.6) is 5.75 Å². The van der Waals surface area contributed by atoms with Crippen molar-refractivity contribution in [2.45, 2.75) is 44.8 Å². The van der Waals surface area contributed by atoms with Crippen molar-refractivity contribution >= 4 is 35.4 Å². The van der Waals surface area contributed by atoms with Crippen molar-refractivity contribution in [2.75, 3.05) is 39.1 Å². The van der Waals surface area contributed by atoms with Gasteiger partial charge in [-0.05, 0) is 39.7 Å². The lowest BCUT2D eigenvalue weighted by Gasteiger charge is -2.45. The standard InChI is InChI=1S/C21H28ClN5O3/c1-20(2,3)30-19(28)27-8-6-21(7-9-27)12-29-18-14(11-23)16(24-13-26(4)5)10-15(22)17(18)25-21/h10,13,25H,6-9,12H2,1-5H3. The van der Waals surface area contributed by atoms with E-state index >= 15 is 0 Å². The molecule has 0 radical (unpaired) electrons. The number of likely N-dealkylation sites (tertiary alicyclic amines) is 1. The van der Waals surface area contributed by atoms with E-state index in [0.717, 1.165) is 0 Å². The van der Waals surface area contributed by atoms with Gasteiger partial charge in [0.25, 0.3) is 0 Å². The highest BCUT2D eigenvalue weighted by Gasteiger charge is 2.42. The summed E-state index contributed by atoms with van der Waals surface area (Å²) in [5.41, 5.74) is 0.546. The quantitative estimate of drug-likeness (QED) is 0.559. The average Bonchev–Trinajstić information content (AvgIpc) is 2.66. The van der Waals surface area contributed by atoms with Gasteiger partial charge in [-0.3, -0.25) is 0 Å². The van der Waals surface area contributed by atoms with E-state index in [-0.39, 0.29) is 11.6 Å². The molecule has 0 aliphatic carbocycles. The third-order valence-corrected chi connectivity index (χ3v) is 5.31. The molecule has 0 unspecified atom stereocenters. The molecule has 9 heteroatoms. The Balaban J connectivity index is 1.78. The molecule has 2 aliphatic heterocycles. The Kier molecular flexibility index (Phi) is 6.04. The summed E-state index contributed by atoms with van der Waals surface area (Å²) in [6, 6.07) is 3.86. The molecule has 1 aromatic carbocycles. The zero-order valence-electron chi connectivity index (χ0n) is 18.1. The van der Waals surface area contributed by atoms with Crippen molar-refractivity contribution in [3.05, 3.63) is 16.7 Å². The van der Waals surface area contributed by atoms with Crippen LogP contribution in [0, 0.1) is 11.3 Å². The van der Waals surface area contributed by atoms with Crippen LogP contribution >= 0.6 is 11.6 Å². The number of amides is 1. The van der Waals surface area contributed by atoms with Crippen molar-refractivity contribution in [1.29, 1.82) is 5.26 Å². The lowest BCUT2D eigenvalue weighted by atomic mass is 9.86. The Morgan fingerprint density at radius 2 is 2.10 bits per heavy atom. The van der Waals surface area contributed by atoms with Crippen molar-refractivity contribution in [1.82, 2.24) is 9.80 Å². The van der Waals surface area contributed by atoms with Gasteiger partial charge in [0.1, 0.15) is 23.8 Å². The van der Waals surface area contributed by atoms with Crippen molar-refractivity contribution in [3.63, 3.8) is 0 Å². The van der Waals surface area contributed by atoms with Crippen LogP contribution < -0.4 is 10.1 Å². The number of halogens is 1. The van der Waals surface area contributed by atoms with Crippen LogP contribution in [0.2, 0.25) is 5.02 Å². The maximum atomic E-state index is 12.3. The number of carbonyl (C=O) groups is 1. The summed E-state index contributed by atoms with van der Waals surface area (Å²) in [4.78, 5) is 20.2. The van der Waals surface area contributed by atoms with Crippen molar-refractivity contribution in [2.24, 2.45) is 4.99 Å². The summed E-state index contributed by atoms with van der Waals surface area (Å²) < 4.78 is 11.5. The van der Waals surface area contributed by atoms with E-state index in [1.807, 2.05) is 34.9 Å². The number of nitriles is 1. The summed E-state index contributed by atoms with van der Waals surface area (Å²) in [7, 11) is 3.70. The number of anilines is 1. The summed E-state index contributed by atoms with van der Waals surface area (Å²) in [5.74, 6) is 0.427. The van der Waals surface area contributed by atoms with Crippen molar-refractivity contribution in [3.8, 4) is 11.8 Å². The maximum Gasteiger partial charge on any atom is 0.410 e. The zero-order valence-corrected chi connectivity index (χ0v) is 18.8. The number of fused-ring (bicyclic) bond motifs is 1. The predicted octanol–water partition coefficient (Wildman–Crippen LogP) is 4.01. The van der Waals surface area contributed by atoms with Gasteiger partial charge >= 0.3 is 6.09 Å². The molecule has 1 N–H and O–H groups in total. The van der Waals surface area contributed by atoms with Crippen LogP contribution in [0.25, 0.3) is 0 Å². The first kappa shape index (κ1) is 22.0. The van der Waals surface area contributed by atoms with Crippen LogP contribution in [-0.4, -0.2) is 67.2 Å². The second-order valence-electron chi connectivity index (χ2n) is 8.94. The number of rotatable bonds is 2. The minimum atomic E-state index is -0.522. The summed E-state index contributed by atoms with van der Waals surface area (Å²) in [6.07, 6.45) is 2.68. The van der Waals surface area contributed by atoms with Gasteiger partial charge in [0.15, 0.2) is 5.75 Å². The van der Waals surface area contributed by atoms with E-state index in [4.69, 9.17) is 21.1 Å². The Bertz CT molecular complexity index is 893. The predicted molar refractivity (Wildman–Crippen MR) is 117 cm³/mol. The monoisotopic (exact) mass is 433 g/mol. The van der Waals surface area contributed by atoms with Crippen LogP contribution in [-0.2, 0) is 4.74 Å². The first-order valence-electron chi connectivity index (χ1n) is 9.90. The number of nitrogens with zero attached hydrogens (tertiary/aromatic N) is 4. The summed E-state index contributed by atoms with van der Waals surface area (Å²) in [6.45, 7) is 7.05. The second kappa shape index (κ2) is 8.23. The lowest BCUT2D eigenvalue weighted by Crippen LogP contribution is -2.56. The molecule has 8 nitrogen and oxygen atoms in total. The fourth-order valence-electron chi connectivity index (χ4n) is 3.49. The Morgan fingerprint density at radius 3 is 2.67 bits per heavy atom. The first-order valence-corrected chi connectivity index (χ1v) is 10.3. The van der Waals surface area contributed by atoms with E-state index < -0.39 is 5.60 Å². The summed E-state index contributed by atoms with van der Waals surface area (Å²) >= 11 is 6.52. The van der Waals surface area contributed by atoms with Gasteiger partial charge in [-0.15, -0.1) is 0 Å². The number of piperidine rings is 1. The van der Waals surface area contributed by atoms with Gasteiger partial charge in [0, 0.05) is 27.2 Å². The van der Waals surface area contributed by atoms with Gasteiger partial charge in [-0.25, -0.2) is 9.79 Å². The number of hydrogen-bond acceptors (Lipinski definition) is 6. The third kappa shape index (κ3) is 4.73. The Morgan fingerprint density at radius 1 is 1.43 bits per heavy atom. The highest BCUT2D eigenvalue weighted by molar-refractivity contribution is 6.34. The Labute approximate surface area is 182 Å². The number of benzene rings is 1. The molecule has 3 rings (SSSR count). The molecule has 2 aliphatic rings. The summed E-state index contributed by atoms with van der Waals surface area (Å²) in [5, 5.41) is 13.6. The first-order chi connectivity index (χ1) is 14.0. The molecule has 2 heterocycles. The van der Waals surface area contributed by atoms with E-state index in [2.05, 4.69) is 16.4 Å². The fraction of sp³-hybridized carbons (Fsp3) is 0.571. The molecule has 1 amide bonds. The van der Waals surface area contributed by atoms with Crippen molar-refractivity contribution < 1.29 is 14.3 Å². The minimum Gasteiger partial charge on any atom is -0.487 e. The molecule has 0 saturated carbocycles. The number of ether oxygens (including phenoxy) is 2. The largest absolute Gasteiger partial charge is 0.487 e. The van der Waals surface area contributed by atoms with Crippen LogP contribution in [0.15, 0.2) is 11.1 Å². The number of nitrogens with one attached hydrogen (secondary N) is 1. The second-order valence-corrected chi connectivity index (χ2v) is 9.35. The van der Waals surface area contributed by atoms with E-state index in [9.17, 15) is 10.1 Å². The SMILES string of the molecule is CN(C)C=Nc1cc(Cl)c2c(c1C#N)OCC1(CCN(C(=O)OC(C)(C)C)CC1)N2. The minimum absolute atomic E-state index is 0.303. The van der Waals surface area contributed by atoms with Crippen LogP contribution in [0.3, 0.4) is 0 Å². The normalized spacial score (nSPS) is 17.7. The maximum absolute atomic E-state index is 12.3. The van der Waals surface area contributed by atoms with E-state index in [0.29, 0.717) is 60.2 Å². The molecule has 1 saturated heterocycles. The van der Waals surface area contributed by atoms with Gasteiger partial charge in [-0.1, -0.05) is 11.6 Å². The molecule has 0 bridgehead atoms. The molecule has 0 aromatic heterocycles. The van der Waals surface area contributed by atoms with Gasteiger partial charge in [-0.2, -0.15) is 5.26 Å². The molecule has 1 aromatic rings. The molecule has 30 heavy (non-hydrogen) atoms. The number of carbonyl (C=O) groups excluding carboxylic acids is 1. The van der Waals surface area contributed by atoms with Gasteiger partial charge in [0.2, 0.25) is 0 Å². The molecular weight excluding hydrogens is 406 g/mol.